The molecular weight excluding hydrogens is 248 g/mol. The zero-order valence-electron chi connectivity index (χ0n) is 10.4. The first-order valence-corrected chi connectivity index (χ1v) is 6.87. The van der Waals surface area contributed by atoms with Gasteiger partial charge in [0.2, 0.25) is 0 Å². The van der Waals surface area contributed by atoms with Crippen molar-refractivity contribution in [2.45, 2.75) is 12.5 Å². The summed E-state index contributed by atoms with van der Waals surface area (Å²) in [7, 11) is 0. The summed E-state index contributed by atoms with van der Waals surface area (Å²) in [6, 6.07) is 8.45. The highest BCUT2D eigenvalue weighted by Crippen LogP contribution is 2.10. The van der Waals surface area contributed by atoms with E-state index < -0.39 is 5.60 Å². The van der Waals surface area contributed by atoms with Gasteiger partial charge < -0.3 is 10.4 Å². The summed E-state index contributed by atoms with van der Waals surface area (Å²) in [5.41, 5.74) is -0.0606. The van der Waals surface area contributed by atoms with Crippen LogP contribution in [0.25, 0.3) is 0 Å². The van der Waals surface area contributed by atoms with Gasteiger partial charge in [-0.15, -0.1) is 0 Å². The van der Waals surface area contributed by atoms with Crippen LogP contribution in [0.15, 0.2) is 24.3 Å². The van der Waals surface area contributed by atoms with E-state index in [1.165, 1.54) is 17.8 Å². The van der Waals surface area contributed by atoms with E-state index in [-0.39, 0.29) is 12.5 Å². The molecule has 0 saturated heterocycles. The fourth-order valence-corrected chi connectivity index (χ4v) is 2.19. The van der Waals surface area contributed by atoms with Gasteiger partial charge in [-0.3, -0.25) is 4.79 Å². The van der Waals surface area contributed by atoms with Crippen LogP contribution in [0, 0.1) is 11.3 Å². The van der Waals surface area contributed by atoms with E-state index in [1.807, 2.05) is 12.3 Å². The average molecular weight is 264 g/mol. The number of benzene rings is 1. The topological polar surface area (TPSA) is 73.1 Å². The van der Waals surface area contributed by atoms with Gasteiger partial charge in [-0.2, -0.15) is 17.0 Å². The number of rotatable bonds is 5. The van der Waals surface area contributed by atoms with E-state index in [0.29, 0.717) is 16.9 Å². The van der Waals surface area contributed by atoms with Crippen LogP contribution in [0.5, 0.6) is 0 Å². The SMILES string of the molecule is CSCC(C)(O)CNC(=O)c1cccc(C#N)c1. The maximum atomic E-state index is 11.8. The van der Waals surface area contributed by atoms with Gasteiger partial charge >= 0.3 is 0 Å². The fourth-order valence-electron chi connectivity index (χ4n) is 1.46. The molecule has 1 rings (SSSR count). The molecule has 5 heteroatoms. The minimum atomic E-state index is -0.929. The molecule has 0 aromatic heterocycles. The van der Waals surface area contributed by atoms with Crippen LogP contribution >= 0.6 is 11.8 Å². The first-order chi connectivity index (χ1) is 8.48. The number of nitrogens with one attached hydrogen (secondary N) is 1. The Balaban J connectivity index is 2.63. The van der Waals surface area contributed by atoms with Crippen molar-refractivity contribution < 1.29 is 9.90 Å². The number of hydrogen-bond donors (Lipinski definition) is 2. The minimum absolute atomic E-state index is 0.184. The fraction of sp³-hybridized carbons (Fsp3) is 0.385. The number of hydrogen-bond acceptors (Lipinski definition) is 4. The standard InChI is InChI=1S/C13H16N2O2S/c1-13(17,9-18-2)8-15-12(16)11-5-3-4-10(6-11)7-14/h3-6,17H,8-9H2,1-2H3,(H,15,16). The van der Waals surface area contributed by atoms with Gasteiger partial charge in [-0.05, 0) is 31.4 Å². The normalized spacial score (nSPS) is 13.4. The van der Waals surface area contributed by atoms with Crippen molar-refractivity contribution in [1.82, 2.24) is 5.32 Å². The van der Waals surface area contributed by atoms with Crippen LogP contribution in [-0.4, -0.2) is 35.2 Å². The molecule has 0 aliphatic carbocycles. The van der Waals surface area contributed by atoms with Gasteiger partial charge in [0.05, 0.1) is 17.2 Å². The Bertz CT molecular complexity index is 466. The molecule has 0 spiro atoms. The monoisotopic (exact) mass is 264 g/mol. The second-order valence-corrected chi connectivity index (χ2v) is 5.17. The second kappa shape index (κ2) is 6.43. The molecule has 1 aromatic carbocycles. The van der Waals surface area contributed by atoms with Gasteiger partial charge in [-0.25, -0.2) is 0 Å². The molecule has 0 fully saturated rings. The molecule has 0 aliphatic heterocycles. The zero-order valence-corrected chi connectivity index (χ0v) is 11.3. The third-order valence-electron chi connectivity index (χ3n) is 2.34. The highest BCUT2D eigenvalue weighted by Gasteiger charge is 2.20. The summed E-state index contributed by atoms with van der Waals surface area (Å²) < 4.78 is 0. The molecule has 1 unspecified atom stereocenters. The largest absolute Gasteiger partial charge is 0.387 e. The molecule has 0 heterocycles. The van der Waals surface area contributed by atoms with Crippen LogP contribution in [0.2, 0.25) is 0 Å². The molecule has 4 nitrogen and oxygen atoms in total. The van der Waals surface area contributed by atoms with Crippen molar-refractivity contribution in [3.8, 4) is 6.07 Å². The summed E-state index contributed by atoms with van der Waals surface area (Å²) in [5, 5.41) is 21.3. The molecule has 1 atom stereocenters. The van der Waals surface area contributed by atoms with Crippen molar-refractivity contribution >= 4 is 17.7 Å². The first-order valence-electron chi connectivity index (χ1n) is 5.48. The predicted octanol–water partition coefficient (Wildman–Crippen LogP) is 1.40. The lowest BCUT2D eigenvalue weighted by molar-refractivity contribution is 0.0725. The van der Waals surface area contributed by atoms with Crippen molar-refractivity contribution in [2.24, 2.45) is 0 Å². The maximum absolute atomic E-state index is 11.8. The Hall–Kier alpha value is -1.51. The molecule has 0 radical (unpaired) electrons. The third kappa shape index (κ3) is 4.40. The van der Waals surface area contributed by atoms with Crippen molar-refractivity contribution in [3.05, 3.63) is 35.4 Å². The maximum Gasteiger partial charge on any atom is 0.251 e. The second-order valence-electron chi connectivity index (χ2n) is 4.31. The van der Waals surface area contributed by atoms with E-state index >= 15 is 0 Å². The minimum Gasteiger partial charge on any atom is -0.387 e. The van der Waals surface area contributed by atoms with E-state index in [9.17, 15) is 9.90 Å². The van der Waals surface area contributed by atoms with Crippen molar-refractivity contribution in [2.75, 3.05) is 18.6 Å². The molecule has 0 aliphatic rings. The van der Waals surface area contributed by atoms with E-state index in [0.717, 1.165) is 0 Å². The Labute approximate surface area is 111 Å². The van der Waals surface area contributed by atoms with Crippen LogP contribution < -0.4 is 5.32 Å². The van der Waals surface area contributed by atoms with Crippen molar-refractivity contribution in [3.63, 3.8) is 0 Å². The third-order valence-corrected chi connectivity index (χ3v) is 3.25. The molecule has 18 heavy (non-hydrogen) atoms. The van der Waals surface area contributed by atoms with Gasteiger partial charge in [-0.1, -0.05) is 6.07 Å². The Kier molecular flexibility index (Phi) is 5.20. The van der Waals surface area contributed by atoms with Gasteiger partial charge in [0.1, 0.15) is 0 Å². The summed E-state index contributed by atoms with van der Waals surface area (Å²) in [4.78, 5) is 11.8. The zero-order chi connectivity index (χ0) is 13.6. The molecule has 0 bridgehead atoms. The number of amides is 1. The van der Waals surface area contributed by atoms with Gasteiger partial charge in [0.15, 0.2) is 0 Å². The van der Waals surface area contributed by atoms with E-state index in [1.54, 1.807) is 25.1 Å². The number of aliphatic hydroxyl groups is 1. The molecule has 96 valence electrons. The molecule has 1 amide bonds. The molecule has 1 aromatic rings. The lowest BCUT2D eigenvalue weighted by Crippen LogP contribution is -2.42. The number of thioether (sulfide) groups is 1. The van der Waals surface area contributed by atoms with Crippen molar-refractivity contribution in [1.29, 1.82) is 5.26 Å². The molecule has 2 N–H and O–H groups in total. The Morgan fingerprint density at radius 3 is 2.94 bits per heavy atom. The van der Waals surface area contributed by atoms with Crippen LogP contribution in [0.1, 0.15) is 22.8 Å². The first kappa shape index (κ1) is 14.6. The summed E-state index contributed by atoms with van der Waals surface area (Å²) in [5.74, 6) is 0.263. The van der Waals surface area contributed by atoms with Gasteiger partial charge in [0, 0.05) is 17.9 Å². The highest BCUT2D eigenvalue weighted by molar-refractivity contribution is 7.98. The number of nitrogens with zero attached hydrogens (tertiary/aromatic N) is 1. The van der Waals surface area contributed by atoms with E-state index in [2.05, 4.69) is 5.32 Å². The smallest absolute Gasteiger partial charge is 0.251 e. The quantitative estimate of drug-likeness (QED) is 0.843. The highest BCUT2D eigenvalue weighted by atomic mass is 32.2. The van der Waals surface area contributed by atoms with Crippen LogP contribution in [0.4, 0.5) is 0 Å². The number of carbonyl (C=O) groups is 1. The number of nitriles is 1. The Morgan fingerprint density at radius 1 is 1.61 bits per heavy atom. The average Bonchev–Trinajstić information content (AvgIpc) is 2.36. The van der Waals surface area contributed by atoms with Crippen LogP contribution in [0.3, 0.4) is 0 Å². The lowest BCUT2D eigenvalue weighted by Gasteiger charge is -2.22. The lowest BCUT2D eigenvalue weighted by atomic mass is 10.1. The summed E-state index contributed by atoms with van der Waals surface area (Å²) >= 11 is 1.52. The summed E-state index contributed by atoms with van der Waals surface area (Å²) in [6.45, 7) is 1.86. The summed E-state index contributed by atoms with van der Waals surface area (Å²) in [6.07, 6.45) is 1.90. The van der Waals surface area contributed by atoms with E-state index in [4.69, 9.17) is 5.26 Å². The van der Waals surface area contributed by atoms with Gasteiger partial charge in [0.25, 0.3) is 5.91 Å². The Morgan fingerprint density at radius 2 is 2.33 bits per heavy atom. The van der Waals surface area contributed by atoms with Crippen LogP contribution in [-0.2, 0) is 0 Å². The number of carbonyl (C=O) groups excluding carboxylic acids is 1. The predicted molar refractivity (Wildman–Crippen MR) is 72.5 cm³/mol. The molecule has 0 saturated carbocycles. The molecular formula is C13H16N2O2S.